The topological polar surface area (TPSA) is 83.4 Å². The molecule has 0 aliphatic carbocycles. The highest BCUT2D eigenvalue weighted by Gasteiger charge is 2.26. The molecule has 0 fully saturated rings. The van der Waals surface area contributed by atoms with E-state index in [9.17, 15) is 9.70 Å². The number of carbonyl (C=O) groups is 1. The summed E-state index contributed by atoms with van der Waals surface area (Å²) in [6, 6.07) is 10.5. The van der Waals surface area contributed by atoms with Gasteiger partial charge >= 0.3 is 5.97 Å². The zero-order valence-electron chi connectivity index (χ0n) is 21.1. The lowest BCUT2D eigenvalue weighted by Gasteiger charge is -2.27. The molecular formula is C26H32Cl3NO6. The maximum Gasteiger partial charge on any atom is 0.303 e. The van der Waals surface area contributed by atoms with Crippen LogP contribution in [0.15, 0.2) is 41.6 Å². The van der Waals surface area contributed by atoms with Gasteiger partial charge in [0.05, 0.1) is 28.6 Å². The van der Waals surface area contributed by atoms with Crippen LogP contribution in [0.25, 0.3) is 0 Å². The van der Waals surface area contributed by atoms with Crippen molar-refractivity contribution < 1.29 is 23.7 Å². The van der Waals surface area contributed by atoms with Crippen molar-refractivity contribution in [3.63, 3.8) is 0 Å². The van der Waals surface area contributed by atoms with E-state index in [1.165, 1.54) is 6.92 Å². The molecule has 0 unspecified atom stereocenters. The Morgan fingerprint density at radius 1 is 0.972 bits per heavy atom. The number of alkyl halides is 1. The van der Waals surface area contributed by atoms with Gasteiger partial charge in [-0.1, -0.05) is 54.4 Å². The molecule has 2 atom stereocenters. The van der Waals surface area contributed by atoms with Gasteiger partial charge in [-0.15, -0.1) is 11.6 Å². The standard InChI is InChI=1S/C26H32Cl3NO6/c1-16(2)33-14-22(36-17(3)31)15-34-21-8-6-18(7-9-21)26(4,5)19-10-23(28)25(24(29)11-19)35-13-20(12-27)30-32/h6-11,16,20,22H,12-15H2,1-5H3/t20-,22+/m1/s1. The highest BCUT2D eigenvalue weighted by atomic mass is 35.5. The highest BCUT2D eigenvalue weighted by molar-refractivity contribution is 6.37. The molecule has 0 aliphatic rings. The molecular weight excluding hydrogens is 529 g/mol. The van der Waals surface area contributed by atoms with E-state index < -0.39 is 17.6 Å². The molecule has 0 bridgehead atoms. The van der Waals surface area contributed by atoms with Crippen molar-refractivity contribution in [1.82, 2.24) is 0 Å². The second kappa shape index (κ2) is 14.0. The lowest BCUT2D eigenvalue weighted by Crippen LogP contribution is -2.30. The van der Waals surface area contributed by atoms with E-state index in [1.807, 2.05) is 52.0 Å². The van der Waals surface area contributed by atoms with E-state index >= 15 is 0 Å². The third-order valence-electron chi connectivity index (χ3n) is 5.43. The van der Waals surface area contributed by atoms with E-state index in [4.69, 9.17) is 53.8 Å². The predicted molar refractivity (Wildman–Crippen MR) is 143 cm³/mol. The van der Waals surface area contributed by atoms with Crippen molar-refractivity contribution in [2.24, 2.45) is 5.18 Å². The van der Waals surface area contributed by atoms with E-state index in [-0.39, 0.29) is 43.5 Å². The van der Waals surface area contributed by atoms with Crippen LogP contribution in [-0.4, -0.2) is 49.9 Å². The summed E-state index contributed by atoms with van der Waals surface area (Å²) in [5, 5.41) is 3.55. The van der Waals surface area contributed by atoms with Crippen LogP contribution in [0, 0.1) is 4.91 Å². The minimum absolute atomic E-state index is 0.0153. The number of rotatable bonds is 14. The number of halogens is 3. The molecule has 2 aromatic rings. The Labute approximate surface area is 227 Å². The van der Waals surface area contributed by atoms with E-state index in [1.54, 1.807) is 12.1 Å². The van der Waals surface area contributed by atoms with Gasteiger partial charge in [0.25, 0.3) is 0 Å². The lowest BCUT2D eigenvalue weighted by molar-refractivity contribution is -0.152. The maximum absolute atomic E-state index is 11.4. The molecule has 0 saturated heterocycles. The summed E-state index contributed by atoms with van der Waals surface area (Å²) in [7, 11) is 0. The van der Waals surface area contributed by atoms with Gasteiger partial charge in [0.1, 0.15) is 25.0 Å². The van der Waals surface area contributed by atoms with Gasteiger partial charge < -0.3 is 18.9 Å². The number of hydrogen-bond donors (Lipinski definition) is 0. The van der Waals surface area contributed by atoms with Gasteiger partial charge in [-0.2, -0.15) is 4.91 Å². The van der Waals surface area contributed by atoms with Crippen LogP contribution in [0.3, 0.4) is 0 Å². The van der Waals surface area contributed by atoms with Gasteiger partial charge in [-0.05, 0) is 49.2 Å². The van der Waals surface area contributed by atoms with Crippen LogP contribution in [0.4, 0.5) is 0 Å². The van der Waals surface area contributed by atoms with E-state index in [0.29, 0.717) is 15.8 Å². The normalized spacial score (nSPS) is 13.2. The minimum Gasteiger partial charge on any atom is -0.490 e. The molecule has 0 radical (unpaired) electrons. The number of ether oxygens (including phenoxy) is 4. The average Bonchev–Trinajstić information content (AvgIpc) is 2.82. The molecule has 198 valence electrons. The Kier molecular flexibility index (Phi) is 11.8. The molecule has 2 rings (SSSR count). The maximum atomic E-state index is 11.4. The number of benzene rings is 2. The van der Waals surface area contributed by atoms with Crippen molar-refractivity contribution in [3.05, 3.63) is 62.5 Å². The molecule has 0 saturated carbocycles. The van der Waals surface area contributed by atoms with Crippen LogP contribution in [-0.2, 0) is 19.7 Å². The molecule has 0 N–H and O–H groups in total. The number of carbonyl (C=O) groups excluding carboxylic acids is 1. The number of nitroso groups, excluding NO2 is 1. The summed E-state index contributed by atoms with van der Waals surface area (Å²) in [4.78, 5) is 22.1. The first-order chi connectivity index (χ1) is 17.0. The highest BCUT2D eigenvalue weighted by Crippen LogP contribution is 2.40. The SMILES string of the molecule is CC(=O)O[C@H](COc1ccc(C(C)(C)c2cc(Cl)c(OC[C@@H](CCl)N=O)c(Cl)c2)cc1)COC(C)C. The summed E-state index contributed by atoms with van der Waals surface area (Å²) in [6.07, 6.45) is -0.490. The first-order valence-corrected chi connectivity index (χ1v) is 12.8. The summed E-state index contributed by atoms with van der Waals surface area (Å²) in [5.74, 6) is 0.568. The Morgan fingerprint density at radius 3 is 2.08 bits per heavy atom. The Morgan fingerprint density at radius 2 is 1.58 bits per heavy atom. The zero-order chi connectivity index (χ0) is 26.9. The molecule has 0 amide bonds. The van der Waals surface area contributed by atoms with Crippen molar-refractivity contribution in [2.45, 2.75) is 58.3 Å². The molecule has 2 aromatic carbocycles. The smallest absolute Gasteiger partial charge is 0.303 e. The molecule has 36 heavy (non-hydrogen) atoms. The Bertz CT molecular complexity index is 990. The van der Waals surface area contributed by atoms with Crippen molar-refractivity contribution in [3.8, 4) is 11.5 Å². The molecule has 0 aromatic heterocycles. The first kappa shape index (κ1) is 30.2. The van der Waals surface area contributed by atoms with E-state index in [2.05, 4.69) is 5.18 Å². The fourth-order valence-electron chi connectivity index (χ4n) is 3.32. The summed E-state index contributed by atoms with van der Waals surface area (Å²) >= 11 is 18.6. The van der Waals surface area contributed by atoms with Crippen LogP contribution in [0.1, 0.15) is 45.7 Å². The van der Waals surface area contributed by atoms with Crippen molar-refractivity contribution in [2.75, 3.05) is 25.7 Å². The quantitative estimate of drug-likeness (QED) is 0.143. The van der Waals surface area contributed by atoms with Gasteiger partial charge in [-0.25, -0.2) is 0 Å². The summed E-state index contributed by atoms with van der Waals surface area (Å²) < 4.78 is 22.3. The molecule has 10 heteroatoms. The molecule has 7 nitrogen and oxygen atoms in total. The minimum atomic E-state index is -0.692. The van der Waals surface area contributed by atoms with Gasteiger partial charge in [0, 0.05) is 12.3 Å². The number of esters is 1. The Hall–Kier alpha value is -2.06. The van der Waals surface area contributed by atoms with Crippen LogP contribution < -0.4 is 9.47 Å². The fourth-order valence-corrected chi connectivity index (χ4v) is 4.06. The molecule has 0 heterocycles. The third-order valence-corrected chi connectivity index (χ3v) is 6.34. The van der Waals surface area contributed by atoms with Crippen molar-refractivity contribution >= 4 is 40.8 Å². The van der Waals surface area contributed by atoms with E-state index in [0.717, 1.165) is 11.1 Å². The summed E-state index contributed by atoms with van der Waals surface area (Å²) in [6.45, 7) is 9.68. The zero-order valence-corrected chi connectivity index (χ0v) is 23.3. The average molecular weight is 561 g/mol. The monoisotopic (exact) mass is 559 g/mol. The van der Waals surface area contributed by atoms with Gasteiger partial charge in [0.2, 0.25) is 0 Å². The third kappa shape index (κ3) is 8.80. The largest absolute Gasteiger partial charge is 0.490 e. The van der Waals surface area contributed by atoms with Crippen LogP contribution in [0.2, 0.25) is 10.0 Å². The second-order valence-corrected chi connectivity index (χ2v) is 10.2. The van der Waals surface area contributed by atoms with Crippen LogP contribution >= 0.6 is 34.8 Å². The van der Waals surface area contributed by atoms with Gasteiger partial charge in [0.15, 0.2) is 11.9 Å². The number of hydrogen-bond acceptors (Lipinski definition) is 7. The second-order valence-electron chi connectivity index (χ2n) is 9.07. The lowest BCUT2D eigenvalue weighted by atomic mass is 9.78. The Balaban J connectivity index is 2.12. The molecule has 0 spiro atoms. The fraction of sp³-hybridized carbons (Fsp3) is 0.500. The predicted octanol–water partition coefficient (Wildman–Crippen LogP) is 6.81. The number of nitrogens with zero attached hydrogens (tertiary/aromatic N) is 1. The summed E-state index contributed by atoms with van der Waals surface area (Å²) in [5.41, 5.74) is 1.43. The first-order valence-electron chi connectivity index (χ1n) is 11.5. The van der Waals surface area contributed by atoms with Crippen LogP contribution in [0.5, 0.6) is 11.5 Å². The van der Waals surface area contributed by atoms with Crippen molar-refractivity contribution in [1.29, 1.82) is 0 Å². The van der Waals surface area contributed by atoms with Gasteiger partial charge in [-0.3, -0.25) is 4.79 Å². The molecule has 0 aliphatic heterocycles.